The van der Waals surface area contributed by atoms with Crippen molar-refractivity contribution in [3.63, 3.8) is 0 Å². The maximum Gasteiger partial charge on any atom is 0.254 e. The van der Waals surface area contributed by atoms with E-state index in [9.17, 15) is 4.79 Å². The molecule has 2 heterocycles. The topological polar surface area (TPSA) is 85.8 Å². The summed E-state index contributed by atoms with van der Waals surface area (Å²) >= 11 is 0. The van der Waals surface area contributed by atoms with E-state index in [2.05, 4.69) is 15.3 Å². The van der Waals surface area contributed by atoms with Crippen molar-refractivity contribution in [3.05, 3.63) is 17.5 Å². The summed E-state index contributed by atoms with van der Waals surface area (Å²) < 4.78 is 15.8. The lowest BCUT2D eigenvalue weighted by molar-refractivity contribution is 0.0937. The lowest BCUT2D eigenvalue weighted by atomic mass is 10.2. The second-order valence-corrected chi connectivity index (χ2v) is 5.37. The monoisotopic (exact) mass is 338 g/mol. The number of anilines is 1. The number of aromatic nitrogens is 2. The summed E-state index contributed by atoms with van der Waals surface area (Å²) in [6.45, 7) is 6.89. The molecule has 1 saturated heterocycles. The Kier molecular flexibility index (Phi) is 7.87. The van der Waals surface area contributed by atoms with Crippen molar-refractivity contribution in [3.8, 4) is 0 Å². The van der Waals surface area contributed by atoms with Crippen LogP contribution in [-0.4, -0.2) is 69.0 Å². The fourth-order valence-corrected chi connectivity index (χ4v) is 2.37. The van der Waals surface area contributed by atoms with E-state index in [0.717, 1.165) is 19.5 Å². The van der Waals surface area contributed by atoms with Crippen LogP contribution < -0.4 is 10.2 Å². The number of hydrogen-bond acceptors (Lipinski definition) is 7. The minimum Gasteiger partial charge on any atom is -0.382 e. The molecule has 1 aliphatic heterocycles. The van der Waals surface area contributed by atoms with Crippen LogP contribution in [0.25, 0.3) is 0 Å². The first-order valence-electron chi connectivity index (χ1n) is 8.29. The van der Waals surface area contributed by atoms with Crippen molar-refractivity contribution >= 4 is 11.9 Å². The molecule has 8 nitrogen and oxygen atoms in total. The molecule has 1 aliphatic rings. The van der Waals surface area contributed by atoms with Gasteiger partial charge in [0.25, 0.3) is 5.91 Å². The maximum absolute atomic E-state index is 12.3. The predicted molar refractivity (Wildman–Crippen MR) is 89.2 cm³/mol. The zero-order valence-electron chi connectivity index (χ0n) is 14.4. The van der Waals surface area contributed by atoms with Crippen LogP contribution in [0, 0.1) is 0 Å². The first kappa shape index (κ1) is 18.6. The summed E-state index contributed by atoms with van der Waals surface area (Å²) in [5.41, 5.74) is 1.04. The van der Waals surface area contributed by atoms with E-state index in [4.69, 9.17) is 14.2 Å². The standard InChI is InChI=1S/C16H26N4O4/c1-3-23-8-4-5-17-15(21)13-11-18-16(19-14(13)12-22-2)20-6-9-24-10-7-20/h11H,3-10,12H2,1-2H3,(H,17,21). The lowest BCUT2D eigenvalue weighted by Crippen LogP contribution is -2.37. The van der Waals surface area contributed by atoms with Crippen molar-refractivity contribution < 1.29 is 19.0 Å². The molecule has 0 aliphatic carbocycles. The van der Waals surface area contributed by atoms with Crippen molar-refractivity contribution in [1.29, 1.82) is 0 Å². The molecule has 0 saturated carbocycles. The Labute approximate surface area is 142 Å². The van der Waals surface area contributed by atoms with E-state index in [1.165, 1.54) is 0 Å². The van der Waals surface area contributed by atoms with Crippen molar-refractivity contribution in [2.24, 2.45) is 0 Å². The number of carbonyl (C=O) groups is 1. The third kappa shape index (κ3) is 5.40. The van der Waals surface area contributed by atoms with Gasteiger partial charge in [0.05, 0.1) is 31.1 Å². The Morgan fingerprint density at radius 1 is 1.42 bits per heavy atom. The fraction of sp³-hybridized carbons (Fsp3) is 0.688. The number of hydrogen-bond donors (Lipinski definition) is 1. The molecule has 0 atom stereocenters. The SMILES string of the molecule is CCOCCCNC(=O)c1cnc(N2CCOCC2)nc1COC. The van der Waals surface area contributed by atoms with Crippen LogP contribution >= 0.6 is 0 Å². The van der Waals surface area contributed by atoms with E-state index < -0.39 is 0 Å². The van der Waals surface area contributed by atoms with Crippen LogP contribution in [-0.2, 0) is 20.8 Å². The normalized spacial score (nSPS) is 14.7. The average molecular weight is 338 g/mol. The first-order chi connectivity index (χ1) is 11.8. The molecule has 8 heteroatoms. The average Bonchev–Trinajstić information content (AvgIpc) is 2.62. The summed E-state index contributed by atoms with van der Waals surface area (Å²) in [7, 11) is 1.58. The van der Waals surface area contributed by atoms with Gasteiger partial charge in [-0.05, 0) is 13.3 Å². The highest BCUT2D eigenvalue weighted by Gasteiger charge is 2.18. The number of methoxy groups -OCH3 is 1. The summed E-state index contributed by atoms with van der Waals surface area (Å²) in [5, 5.41) is 2.87. The first-order valence-corrected chi connectivity index (χ1v) is 8.29. The highest BCUT2D eigenvalue weighted by molar-refractivity contribution is 5.95. The Hall–Kier alpha value is -1.77. The molecule has 0 spiro atoms. The quantitative estimate of drug-likeness (QED) is 0.660. The molecule has 1 aromatic heterocycles. The number of nitrogens with zero attached hydrogens (tertiary/aromatic N) is 3. The molecular weight excluding hydrogens is 312 g/mol. The number of carbonyl (C=O) groups excluding carboxylic acids is 1. The smallest absolute Gasteiger partial charge is 0.254 e. The van der Waals surface area contributed by atoms with Crippen LogP contribution in [0.4, 0.5) is 5.95 Å². The molecule has 0 aromatic carbocycles. The minimum atomic E-state index is -0.188. The largest absolute Gasteiger partial charge is 0.382 e. The number of rotatable bonds is 9. The molecule has 0 bridgehead atoms. The van der Waals surface area contributed by atoms with Gasteiger partial charge < -0.3 is 24.4 Å². The maximum atomic E-state index is 12.3. The van der Waals surface area contributed by atoms with Gasteiger partial charge >= 0.3 is 0 Å². The minimum absolute atomic E-state index is 0.188. The highest BCUT2D eigenvalue weighted by atomic mass is 16.5. The molecule has 2 rings (SSSR count). The third-order valence-electron chi connectivity index (χ3n) is 3.63. The molecule has 0 unspecified atom stereocenters. The highest BCUT2D eigenvalue weighted by Crippen LogP contribution is 2.14. The van der Waals surface area contributed by atoms with Crippen molar-refractivity contribution in [2.75, 3.05) is 58.1 Å². The number of ether oxygens (including phenoxy) is 3. The summed E-state index contributed by atoms with van der Waals surface area (Å²) in [6.07, 6.45) is 2.34. The second kappa shape index (κ2) is 10.2. The lowest BCUT2D eigenvalue weighted by Gasteiger charge is -2.27. The number of morpholine rings is 1. The predicted octanol–water partition coefficient (Wildman–Crippen LogP) is 0.616. The van der Waals surface area contributed by atoms with Gasteiger partial charge in [-0.25, -0.2) is 9.97 Å². The van der Waals surface area contributed by atoms with Crippen LogP contribution in [0.1, 0.15) is 29.4 Å². The van der Waals surface area contributed by atoms with E-state index in [-0.39, 0.29) is 12.5 Å². The Morgan fingerprint density at radius 3 is 2.92 bits per heavy atom. The van der Waals surface area contributed by atoms with Crippen LogP contribution in [0.3, 0.4) is 0 Å². The molecule has 0 radical (unpaired) electrons. The summed E-state index contributed by atoms with van der Waals surface area (Å²) in [6, 6.07) is 0. The van der Waals surface area contributed by atoms with Gasteiger partial charge in [0.1, 0.15) is 0 Å². The van der Waals surface area contributed by atoms with Gasteiger partial charge in [0.2, 0.25) is 5.95 Å². The second-order valence-electron chi connectivity index (χ2n) is 5.37. The van der Waals surface area contributed by atoms with Gasteiger partial charge in [-0.15, -0.1) is 0 Å². The molecule has 1 fully saturated rings. The fourth-order valence-electron chi connectivity index (χ4n) is 2.37. The Balaban J connectivity index is 2.01. The van der Waals surface area contributed by atoms with Crippen LogP contribution in [0.15, 0.2) is 6.20 Å². The van der Waals surface area contributed by atoms with E-state index in [0.29, 0.717) is 50.2 Å². The van der Waals surface area contributed by atoms with Gasteiger partial charge in [-0.2, -0.15) is 0 Å². The van der Waals surface area contributed by atoms with Crippen LogP contribution in [0.2, 0.25) is 0 Å². The molecule has 1 N–H and O–H groups in total. The van der Waals surface area contributed by atoms with Crippen molar-refractivity contribution in [1.82, 2.24) is 15.3 Å². The number of nitrogens with one attached hydrogen (secondary N) is 1. The van der Waals surface area contributed by atoms with Gasteiger partial charge in [0, 0.05) is 46.2 Å². The number of amides is 1. The third-order valence-corrected chi connectivity index (χ3v) is 3.63. The summed E-state index contributed by atoms with van der Waals surface area (Å²) in [4.78, 5) is 23.2. The van der Waals surface area contributed by atoms with Gasteiger partial charge in [0.15, 0.2) is 0 Å². The van der Waals surface area contributed by atoms with E-state index >= 15 is 0 Å². The zero-order valence-corrected chi connectivity index (χ0v) is 14.4. The molecule has 134 valence electrons. The van der Waals surface area contributed by atoms with Gasteiger partial charge in [-0.3, -0.25) is 4.79 Å². The zero-order chi connectivity index (χ0) is 17.2. The molecule has 1 amide bonds. The Morgan fingerprint density at radius 2 is 2.21 bits per heavy atom. The molecular formula is C16H26N4O4. The van der Waals surface area contributed by atoms with E-state index in [1.807, 2.05) is 11.8 Å². The molecule has 24 heavy (non-hydrogen) atoms. The van der Waals surface area contributed by atoms with Crippen molar-refractivity contribution in [2.45, 2.75) is 20.0 Å². The van der Waals surface area contributed by atoms with Gasteiger partial charge in [-0.1, -0.05) is 0 Å². The Bertz CT molecular complexity index is 521. The summed E-state index contributed by atoms with van der Waals surface area (Å²) in [5.74, 6) is 0.422. The van der Waals surface area contributed by atoms with Crippen LogP contribution in [0.5, 0.6) is 0 Å². The van der Waals surface area contributed by atoms with E-state index in [1.54, 1.807) is 13.3 Å². The molecule has 1 aromatic rings.